The molecule has 1 heterocycles. The minimum absolute atomic E-state index is 0.0680. The molecule has 1 aromatic heterocycles. The van der Waals surface area contributed by atoms with Crippen LogP contribution in [0.15, 0.2) is 33.6 Å². The maximum absolute atomic E-state index is 11.1. The SMILES string of the molecule is NS(=O)(=O)c1ccc(CNc2nnc(CCl)o2)cc1. The molecule has 0 aliphatic carbocycles. The Bertz CT molecular complexity index is 654. The monoisotopic (exact) mass is 302 g/mol. The van der Waals surface area contributed by atoms with Crippen molar-refractivity contribution in [3.8, 4) is 0 Å². The smallest absolute Gasteiger partial charge is 0.315 e. The summed E-state index contributed by atoms with van der Waals surface area (Å²) in [7, 11) is -3.66. The summed E-state index contributed by atoms with van der Waals surface area (Å²) in [5.74, 6) is 0.478. The number of benzene rings is 1. The summed E-state index contributed by atoms with van der Waals surface area (Å²) in [4.78, 5) is 0.0680. The lowest BCUT2D eigenvalue weighted by Gasteiger charge is -2.03. The second-order valence-corrected chi connectivity index (χ2v) is 5.51. The van der Waals surface area contributed by atoms with E-state index in [9.17, 15) is 8.42 Å². The molecule has 19 heavy (non-hydrogen) atoms. The first-order chi connectivity index (χ1) is 8.99. The number of nitrogens with two attached hydrogens (primary N) is 1. The lowest BCUT2D eigenvalue weighted by Crippen LogP contribution is -2.12. The summed E-state index contributed by atoms with van der Waals surface area (Å²) in [6, 6.07) is 6.41. The van der Waals surface area contributed by atoms with Crippen molar-refractivity contribution in [3.05, 3.63) is 35.7 Å². The van der Waals surface area contributed by atoms with E-state index < -0.39 is 10.0 Å². The van der Waals surface area contributed by atoms with Crippen molar-refractivity contribution in [1.82, 2.24) is 10.2 Å². The molecule has 0 saturated heterocycles. The molecule has 2 aromatic rings. The number of anilines is 1. The lowest BCUT2D eigenvalue weighted by molar-refractivity contribution is 0.525. The summed E-state index contributed by atoms with van der Waals surface area (Å²) >= 11 is 5.52. The first-order valence-corrected chi connectivity index (χ1v) is 7.31. The molecule has 0 aliphatic rings. The fourth-order valence-corrected chi connectivity index (χ4v) is 1.98. The first kappa shape index (κ1) is 13.8. The summed E-state index contributed by atoms with van der Waals surface area (Å²) in [6.45, 7) is 0.412. The van der Waals surface area contributed by atoms with Gasteiger partial charge in [-0.15, -0.1) is 16.7 Å². The van der Waals surface area contributed by atoms with E-state index in [0.29, 0.717) is 12.4 Å². The van der Waals surface area contributed by atoms with Crippen LogP contribution in [-0.2, 0) is 22.4 Å². The Balaban J connectivity index is 2.00. The van der Waals surface area contributed by atoms with Gasteiger partial charge in [0.1, 0.15) is 5.88 Å². The number of aromatic nitrogens is 2. The van der Waals surface area contributed by atoms with Crippen LogP contribution >= 0.6 is 11.6 Å². The number of rotatable bonds is 5. The predicted octanol–water partition coefficient (Wildman–Crippen LogP) is 1.07. The number of hydrogen-bond acceptors (Lipinski definition) is 6. The van der Waals surface area contributed by atoms with Gasteiger partial charge in [-0.2, -0.15) is 0 Å². The quantitative estimate of drug-likeness (QED) is 0.799. The van der Waals surface area contributed by atoms with Crippen LogP contribution in [0.4, 0.5) is 6.01 Å². The van der Waals surface area contributed by atoms with Crippen LogP contribution in [-0.4, -0.2) is 18.6 Å². The summed E-state index contributed by atoms with van der Waals surface area (Å²) in [6.07, 6.45) is 0. The molecule has 0 spiro atoms. The largest absolute Gasteiger partial charge is 0.407 e. The van der Waals surface area contributed by atoms with Gasteiger partial charge >= 0.3 is 6.01 Å². The Hall–Kier alpha value is -1.64. The van der Waals surface area contributed by atoms with E-state index in [0.717, 1.165) is 5.56 Å². The van der Waals surface area contributed by atoms with Crippen LogP contribution in [0.2, 0.25) is 0 Å². The number of alkyl halides is 1. The molecule has 2 rings (SSSR count). The van der Waals surface area contributed by atoms with Crippen LogP contribution in [0.1, 0.15) is 11.5 Å². The molecule has 7 nitrogen and oxygen atoms in total. The summed E-state index contributed by atoms with van der Waals surface area (Å²) < 4.78 is 27.3. The van der Waals surface area contributed by atoms with Gasteiger partial charge in [-0.25, -0.2) is 13.6 Å². The number of nitrogens with one attached hydrogen (secondary N) is 1. The Morgan fingerprint density at radius 1 is 1.26 bits per heavy atom. The van der Waals surface area contributed by atoms with Gasteiger partial charge in [0.25, 0.3) is 0 Å². The molecule has 0 radical (unpaired) electrons. The standard InChI is InChI=1S/C10H11ClN4O3S/c11-5-9-14-15-10(18-9)13-6-7-1-3-8(4-2-7)19(12,16)17/h1-4H,5-6H2,(H,13,15)(H2,12,16,17). The molecule has 0 saturated carbocycles. The molecule has 3 N–H and O–H groups in total. The molecule has 0 amide bonds. The fourth-order valence-electron chi connectivity index (χ4n) is 1.35. The van der Waals surface area contributed by atoms with Gasteiger partial charge in [0.05, 0.1) is 4.90 Å². The van der Waals surface area contributed by atoms with Crippen molar-refractivity contribution in [2.45, 2.75) is 17.3 Å². The Labute approximate surface area is 114 Å². The normalized spacial score (nSPS) is 11.5. The average Bonchev–Trinajstić information content (AvgIpc) is 2.84. The van der Waals surface area contributed by atoms with Crippen molar-refractivity contribution in [2.75, 3.05) is 5.32 Å². The molecular weight excluding hydrogens is 292 g/mol. The van der Waals surface area contributed by atoms with Gasteiger partial charge in [0.2, 0.25) is 15.9 Å². The van der Waals surface area contributed by atoms with Gasteiger partial charge in [-0.05, 0) is 17.7 Å². The van der Waals surface area contributed by atoms with Crippen molar-refractivity contribution in [2.24, 2.45) is 5.14 Å². The zero-order valence-corrected chi connectivity index (χ0v) is 11.3. The van der Waals surface area contributed by atoms with Crippen LogP contribution in [0.25, 0.3) is 0 Å². The predicted molar refractivity (Wildman–Crippen MR) is 69.0 cm³/mol. The molecule has 0 fully saturated rings. The van der Waals surface area contributed by atoms with Crippen molar-refractivity contribution in [1.29, 1.82) is 0 Å². The maximum Gasteiger partial charge on any atom is 0.315 e. The lowest BCUT2D eigenvalue weighted by atomic mass is 10.2. The van der Waals surface area contributed by atoms with Crippen LogP contribution in [0.3, 0.4) is 0 Å². The van der Waals surface area contributed by atoms with Crippen LogP contribution < -0.4 is 10.5 Å². The number of hydrogen-bond donors (Lipinski definition) is 2. The van der Waals surface area contributed by atoms with E-state index in [2.05, 4.69) is 15.5 Å². The highest BCUT2D eigenvalue weighted by Gasteiger charge is 2.07. The number of sulfonamides is 1. The molecule has 0 aliphatic heterocycles. The number of nitrogens with zero attached hydrogens (tertiary/aromatic N) is 2. The van der Waals surface area contributed by atoms with Crippen molar-refractivity contribution < 1.29 is 12.8 Å². The van der Waals surface area contributed by atoms with Crippen molar-refractivity contribution >= 4 is 27.6 Å². The highest BCUT2D eigenvalue weighted by molar-refractivity contribution is 7.89. The zero-order chi connectivity index (χ0) is 13.9. The van der Waals surface area contributed by atoms with Crippen LogP contribution in [0, 0.1) is 0 Å². The van der Waals surface area contributed by atoms with Crippen molar-refractivity contribution in [3.63, 3.8) is 0 Å². The van der Waals surface area contributed by atoms with E-state index in [1.165, 1.54) is 12.1 Å². The molecule has 0 bridgehead atoms. The second-order valence-electron chi connectivity index (χ2n) is 3.68. The third-order valence-electron chi connectivity index (χ3n) is 2.28. The molecule has 0 atom stereocenters. The van der Waals surface area contributed by atoms with E-state index in [1.807, 2.05) is 0 Å². The van der Waals surface area contributed by atoms with Gasteiger partial charge in [-0.3, -0.25) is 0 Å². The summed E-state index contributed by atoms with van der Waals surface area (Å²) in [5.41, 5.74) is 0.845. The third kappa shape index (κ3) is 3.66. The summed E-state index contributed by atoms with van der Waals surface area (Å²) in [5, 5.41) is 15.3. The van der Waals surface area contributed by atoms with E-state index >= 15 is 0 Å². The van der Waals surface area contributed by atoms with Gasteiger partial charge in [0, 0.05) is 6.54 Å². The fraction of sp³-hybridized carbons (Fsp3) is 0.200. The molecule has 9 heteroatoms. The zero-order valence-electron chi connectivity index (χ0n) is 9.71. The molecular formula is C10H11ClN4O3S. The minimum atomic E-state index is -3.66. The number of halogens is 1. The minimum Gasteiger partial charge on any atom is -0.407 e. The topological polar surface area (TPSA) is 111 Å². The Morgan fingerprint density at radius 2 is 1.95 bits per heavy atom. The molecule has 0 unspecified atom stereocenters. The number of primary sulfonamides is 1. The highest BCUT2D eigenvalue weighted by atomic mass is 35.5. The average molecular weight is 303 g/mol. The third-order valence-corrected chi connectivity index (χ3v) is 3.43. The maximum atomic E-state index is 11.1. The second kappa shape index (κ2) is 5.55. The van der Waals surface area contributed by atoms with E-state index in [-0.39, 0.29) is 16.8 Å². The Morgan fingerprint density at radius 3 is 2.47 bits per heavy atom. The van der Waals surface area contributed by atoms with Gasteiger partial charge < -0.3 is 9.73 Å². The Kier molecular flexibility index (Phi) is 4.03. The highest BCUT2D eigenvalue weighted by Crippen LogP contribution is 2.12. The molecule has 102 valence electrons. The van der Waals surface area contributed by atoms with E-state index in [1.54, 1.807) is 12.1 Å². The van der Waals surface area contributed by atoms with E-state index in [4.69, 9.17) is 21.2 Å². The van der Waals surface area contributed by atoms with Gasteiger partial charge in [0.15, 0.2) is 0 Å². The van der Waals surface area contributed by atoms with Crippen LogP contribution in [0.5, 0.6) is 0 Å². The van der Waals surface area contributed by atoms with Gasteiger partial charge in [-0.1, -0.05) is 17.2 Å². The first-order valence-electron chi connectivity index (χ1n) is 5.23. The molecule has 1 aromatic carbocycles.